The van der Waals surface area contributed by atoms with Gasteiger partial charge in [-0.3, -0.25) is 0 Å². The van der Waals surface area contributed by atoms with Gasteiger partial charge < -0.3 is 15.4 Å². The van der Waals surface area contributed by atoms with E-state index in [4.69, 9.17) is 10.5 Å². The van der Waals surface area contributed by atoms with Crippen LogP contribution in [0.2, 0.25) is 0 Å². The molecule has 3 heteroatoms. The third kappa shape index (κ3) is 8.08. The molecule has 2 N–H and O–H groups in total. The van der Waals surface area contributed by atoms with E-state index in [2.05, 4.69) is 18.7 Å². The lowest BCUT2D eigenvalue weighted by molar-refractivity contribution is 0.0889. The van der Waals surface area contributed by atoms with E-state index in [0.29, 0.717) is 6.54 Å². The lowest BCUT2D eigenvalue weighted by Gasteiger charge is -2.24. The zero-order valence-corrected chi connectivity index (χ0v) is 11.4. The predicted octanol–water partition coefficient (Wildman–Crippen LogP) is 2.25. The fourth-order valence-electron chi connectivity index (χ4n) is 1.76. The molecule has 0 spiro atoms. The molecule has 0 saturated carbocycles. The minimum absolute atomic E-state index is 0.228. The van der Waals surface area contributed by atoms with Crippen molar-refractivity contribution in [2.75, 3.05) is 33.3 Å². The molecule has 16 heavy (non-hydrogen) atoms. The van der Waals surface area contributed by atoms with Crippen LogP contribution < -0.4 is 5.73 Å². The Morgan fingerprint density at radius 1 is 1.06 bits per heavy atom. The highest BCUT2D eigenvalue weighted by Gasteiger charge is 2.08. The van der Waals surface area contributed by atoms with Gasteiger partial charge in [-0.1, -0.05) is 26.7 Å². The molecule has 0 aliphatic rings. The van der Waals surface area contributed by atoms with Crippen molar-refractivity contribution in [1.82, 2.24) is 4.90 Å². The van der Waals surface area contributed by atoms with E-state index in [1.165, 1.54) is 38.8 Å². The third-order valence-electron chi connectivity index (χ3n) is 3.02. The number of ether oxygens (including phenoxy) is 1. The van der Waals surface area contributed by atoms with Gasteiger partial charge in [0.2, 0.25) is 0 Å². The molecule has 1 unspecified atom stereocenters. The summed E-state index contributed by atoms with van der Waals surface area (Å²) in [5.41, 5.74) is 5.63. The van der Waals surface area contributed by atoms with Crippen LogP contribution in [-0.4, -0.2) is 44.3 Å². The average molecular weight is 230 g/mol. The number of hydrogen-bond donors (Lipinski definition) is 1. The normalized spacial score (nSPS) is 13.3. The third-order valence-corrected chi connectivity index (χ3v) is 3.02. The molecule has 0 aromatic rings. The molecular formula is C13H30N2O. The molecule has 0 fully saturated rings. The number of methoxy groups -OCH3 is 1. The van der Waals surface area contributed by atoms with E-state index in [1.807, 2.05) is 0 Å². The second kappa shape index (κ2) is 11.4. The molecule has 0 bridgehead atoms. The second-order valence-corrected chi connectivity index (χ2v) is 4.43. The monoisotopic (exact) mass is 230 g/mol. The lowest BCUT2D eigenvalue weighted by Crippen LogP contribution is -2.32. The molecule has 3 nitrogen and oxygen atoms in total. The standard InChI is InChI=1S/C13H30N2O/c1-4-6-9-15(10-7-5-2)11-8-13(12-14)16-3/h13H,4-12,14H2,1-3H3. The van der Waals surface area contributed by atoms with Gasteiger partial charge in [0.05, 0.1) is 6.10 Å². The van der Waals surface area contributed by atoms with Crippen LogP contribution in [0.15, 0.2) is 0 Å². The van der Waals surface area contributed by atoms with Crippen molar-refractivity contribution in [3.63, 3.8) is 0 Å². The summed E-state index contributed by atoms with van der Waals surface area (Å²) >= 11 is 0. The van der Waals surface area contributed by atoms with E-state index < -0.39 is 0 Å². The molecule has 1 atom stereocenters. The van der Waals surface area contributed by atoms with Gasteiger partial charge in [0.25, 0.3) is 0 Å². The highest BCUT2D eigenvalue weighted by atomic mass is 16.5. The van der Waals surface area contributed by atoms with Gasteiger partial charge >= 0.3 is 0 Å². The Morgan fingerprint density at radius 3 is 2.00 bits per heavy atom. The predicted molar refractivity (Wildman–Crippen MR) is 70.7 cm³/mol. The van der Waals surface area contributed by atoms with Crippen LogP contribution in [0.25, 0.3) is 0 Å². The number of rotatable bonds is 11. The summed E-state index contributed by atoms with van der Waals surface area (Å²) in [5, 5.41) is 0. The lowest BCUT2D eigenvalue weighted by atomic mass is 10.2. The fourth-order valence-corrected chi connectivity index (χ4v) is 1.76. The average Bonchev–Trinajstić information content (AvgIpc) is 2.32. The van der Waals surface area contributed by atoms with E-state index in [1.54, 1.807) is 7.11 Å². The molecule has 0 saturated heterocycles. The first-order valence-corrected chi connectivity index (χ1v) is 6.73. The topological polar surface area (TPSA) is 38.5 Å². The molecule has 0 amide bonds. The number of nitrogens with zero attached hydrogens (tertiary/aromatic N) is 1. The molecular weight excluding hydrogens is 200 g/mol. The number of hydrogen-bond acceptors (Lipinski definition) is 3. The van der Waals surface area contributed by atoms with Crippen LogP contribution in [0.5, 0.6) is 0 Å². The molecule has 0 aliphatic carbocycles. The van der Waals surface area contributed by atoms with Crippen molar-refractivity contribution in [2.24, 2.45) is 5.73 Å². The molecule has 0 aromatic heterocycles. The molecule has 0 aliphatic heterocycles. The first kappa shape index (κ1) is 15.9. The summed E-state index contributed by atoms with van der Waals surface area (Å²) in [6.07, 6.45) is 6.42. The Labute approximate surface area is 101 Å². The van der Waals surface area contributed by atoms with Gasteiger partial charge in [-0.2, -0.15) is 0 Å². The van der Waals surface area contributed by atoms with Crippen LogP contribution >= 0.6 is 0 Å². The Kier molecular flexibility index (Phi) is 11.3. The Morgan fingerprint density at radius 2 is 1.62 bits per heavy atom. The maximum Gasteiger partial charge on any atom is 0.0705 e. The van der Waals surface area contributed by atoms with Crippen molar-refractivity contribution in [3.8, 4) is 0 Å². The second-order valence-electron chi connectivity index (χ2n) is 4.43. The van der Waals surface area contributed by atoms with E-state index >= 15 is 0 Å². The first-order valence-electron chi connectivity index (χ1n) is 6.73. The molecule has 0 rings (SSSR count). The van der Waals surface area contributed by atoms with Crippen LogP contribution in [0, 0.1) is 0 Å². The van der Waals surface area contributed by atoms with E-state index in [9.17, 15) is 0 Å². The largest absolute Gasteiger partial charge is 0.380 e. The van der Waals surface area contributed by atoms with Gasteiger partial charge in [0.15, 0.2) is 0 Å². The minimum atomic E-state index is 0.228. The highest BCUT2D eigenvalue weighted by molar-refractivity contribution is 4.64. The fraction of sp³-hybridized carbons (Fsp3) is 1.00. The maximum absolute atomic E-state index is 5.63. The highest BCUT2D eigenvalue weighted by Crippen LogP contribution is 2.03. The van der Waals surface area contributed by atoms with Gasteiger partial charge in [0.1, 0.15) is 0 Å². The SMILES string of the molecule is CCCCN(CCCC)CCC(CN)OC. The van der Waals surface area contributed by atoms with Crippen molar-refractivity contribution < 1.29 is 4.74 Å². The summed E-state index contributed by atoms with van der Waals surface area (Å²) in [6.45, 7) is 8.68. The summed E-state index contributed by atoms with van der Waals surface area (Å²) < 4.78 is 5.31. The summed E-state index contributed by atoms with van der Waals surface area (Å²) in [5.74, 6) is 0. The summed E-state index contributed by atoms with van der Waals surface area (Å²) in [7, 11) is 1.75. The summed E-state index contributed by atoms with van der Waals surface area (Å²) in [6, 6.07) is 0. The maximum atomic E-state index is 5.63. The van der Waals surface area contributed by atoms with Crippen molar-refractivity contribution in [1.29, 1.82) is 0 Å². The molecule has 0 heterocycles. The smallest absolute Gasteiger partial charge is 0.0705 e. The number of unbranched alkanes of at least 4 members (excludes halogenated alkanes) is 2. The van der Waals surface area contributed by atoms with Crippen molar-refractivity contribution >= 4 is 0 Å². The quantitative estimate of drug-likeness (QED) is 0.591. The summed E-state index contributed by atoms with van der Waals surface area (Å²) in [4.78, 5) is 2.55. The first-order chi connectivity index (χ1) is 7.78. The Bertz CT molecular complexity index is 130. The van der Waals surface area contributed by atoms with E-state index in [0.717, 1.165) is 13.0 Å². The van der Waals surface area contributed by atoms with Crippen LogP contribution in [0.4, 0.5) is 0 Å². The van der Waals surface area contributed by atoms with Crippen molar-refractivity contribution in [2.45, 2.75) is 52.1 Å². The molecule has 98 valence electrons. The van der Waals surface area contributed by atoms with Gasteiger partial charge in [-0.05, 0) is 32.4 Å². The van der Waals surface area contributed by atoms with Gasteiger partial charge in [0, 0.05) is 20.2 Å². The van der Waals surface area contributed by atoms with E-state index in [-0.39, 0.29) is 6.10 Å². The Hall–Kier alpha value is -0.120. The van der Waals surface area contributed by atoms with Gasteiger partial charge in [-0.15, -0.1) is 0 Å². The minimum Gasteiger partial charge on any atom is -0.380 e. The zero-order chi connectivity index (χ0) is 12.2. The van der Waals surface area contributed by atoms with Crippen LogP contribution in [0.1, 0.15) is 46.0 Å². The molecule has 0 radical (unpaired) electrons. The van der Waals surface area contributed by atoms with Gasteiger partial charge in [-0.25, -0.2) is 0 Å². The zero-order valence-electron chi connectivity index (χ0n) is 11.4. The molecule has 0 aromatic carbocycles. The van der Waals surface area contributed by atoms with Crippen LogP contribution in [0.3, 0.4) is 0 Å². The Balaban J connectivity index is 3.79. The van der Waals surface area contributed by atoms with Crippen LogP contribution in [-0.2, 0) is 4.74 Å². The number of nitrogens with two attached hydrogens (primary N) is 1. The van der Waals surface area contributed by atoms with Crippen molar-refractivity contribution in [3.05, 3.63) is 0 Å².